The molecule has 0 unspecified atom stereocenters. The smallest absolute Gasteiger partial charge is 0.246 e. The molecule has 6 rings (SSSR count). The Hall–Kier alpha value is -5.42. The van der Waals surface area contributed by atoms with Gasteiger partial charge in [-0.3, -0.25) is 10.0 Å². The summed E-state index contributed by atoms with van der Waals surface area (Å²) in [6, 6.07) is 34.4. The third-order valence-electron chi connectivity index (χ3n) is 8.12. The van der Waals surface area contributed by atoms with E-state index in [0.717, 1.165) is 56.8 Å². The maximum Gasteiger partial charge on any atom is 0.246 e. The number of carbonyl (C=O) groups excluding carboxylic acids is 2. The molecule has 0 aliphatic rings. The minimum absolute atomic E-state index is 0.159. The second kappa shape index (κ2) is 17.7. The zero-order chi connectivity index (χ0) is 37.2. The summed E-state index contributed by atoms with van der Waals surface area (Å²) in [7, 11) is 4.58. The Morgan fingerprint density at radius 2 is 1.04 bits per heavy atom. The first-order valence-electron chi connectivity index (χ1n) is 16.5. The molecule has 0 aliphatic heterocycles. The standard InChI is InChI=1S/C20H20ClN3O3.C20H19ClN2O2/c1-23(26)20(25)12-7-16-13-19(14-3-5-15(21)6-4-14)24(22-16)17-8-10-18(27-2)11-9-17;1-14(24)3-8-17-13-20(15-4-6-16(21)7-5-15)23(22-17)18-9-11-19(25-2)12-10-18/h3-6,8-11,13,26H,7,12H2,1-2H3;4-7,9-13H,3,8H2,1-2H3. The minimum Gasteiger partial charge on any atom is -0.497 e. The Labute approximate surface area is 312 Å². The SMILES string of the molecule is COc1ccc(-n2nc(CCC(=O)N(C)O)cc2-c2ccc(Cl)cc2)cc1.COc1ccc(-n2nc(CCC(C)=O)cc2-c2ccc(Cl)cc2)cc1. The van der Waals surface area contributed by atoms with Crippen LogP contribution in [0.4, 0.5) is 0 Å². The van der Waals surface area contributed by atoms with Gasteiger partial charge < -0.3 is 14.3 Å². The molecule has 0 bridgehead atoms. The summed E-state index contributed by atoms with van der Waals surface area (Å²) in [5.41, 5.74) is 7.26. The van der Waals surface area contributed by atoms with E-state index >= 15 is 0 Å². The van der Waals surface area contributed by atoms with Crippen LogP contribution in [-0.2, 0) is 22.4 Å². The van der Waals surface area contributed by atoms with Crippen LogP contribution >= 0.6 is 23.2 Å². The highest BCUT2D eigenvalue weighted by atomic mass is 35.5. The highest BCUT2D eigenvalue weighted by Gasteiger charge is 2.15. The second-order valence-electron chi connectivity index (χ2n) is 11.9. The number of nitrogens with zero attached hydrogens (tertiary/aromatic N) is 5. The molecule has 1 N–H and O–H groups in total. The Balaban J connectivity index is 0.000000202. The van der Waals surface area contributed by atoms with Crippen molar-refractivity contribution in [1.29, 1.82) is 0 Å². The number of aryl methyl sites for hydroxylation is 2. The van der Waals surface area contributed by atoms with Crippen LogP contribution in [0.3, 0.4) is 0 Å². The number of ketones is 1. The van der Waals surface area contributed by atoms with Gasteiger partial charge in [-0.05, 0) is 98.3 Å². The van der Waals surface area contributed by atoms with E-state index < -0.39 is 0 Å². The lowest BCUT2D eigenvalue weighted by Crippen LogP contribution is -2.22. The molecular weight excluding hydrogens is 701 g/mol. The summed E-state index contributed by atoms with van der Waals surface area (Å²) in [5.74, 6) is 1.35. The predicted molar refractivity (Wildman–Crippen MR) is 203 cm³/mol. The van der Waals surface area contributed by atoms with E-state index in [2.05, 4.69) is 5.10 Å². The van der Waals surface area contributed by atoms with Gasteiger partial charge in [0.2, 0.25) is 5.91 Å². The Bertz CT molecular complexity index is 2090. The maximum absolute atomic E-state index is 11.7. The number of methoxy groups -OCH3 is 2. The van der Waals surface area contributed by atoms with Crippen LogP contribution in [0.2, 0.25) is 10.0 Å². The van der Waals surface area contributed by atoms with Gasteiger partial charge in [-0.15, -0.1) is 0 Å². The lowest BCUT2D eigenvalue weighted by molar-refractivity contribution is -0.159. The van der Waals surface area contributed by atoms with E-state index in [0.29, 0.717) is 34.4 Å². The molecule has 268 valence electrons. The zero-order valence-corrected chi connectivity index (χ0v) is 30.8. The van der Waals surface area contributed by atoms with Crippen LogP contribution in [0.15, 0.2) is 109 Å². The zero-order valence-electron chi connectivity index (χ0n) is 29.3. The largest absolute Gasteiger partial charge is 0.497 e. The summed E-state index contributed by atoms with van der Waals surface area (Å²) in [5, 5.41) is 20.5. The van der Waals surface area contributed by atoms with E-state index in [1.807, 2.05) is 119 Å². The highest BCUT2D eigenvalue weighted by Crippen LogP contribution is 2.28. The number of halogens is 2. The van der Waals surface area contributed by atoms with Crippen molar-refractivity contribution < 1.29 is 24.3 Å². The first-order chi connectivity index (χ1) is 25.0. The molecular formula is C40H39Cl2N5O5. The number of aromatic nitrogens is 4. The number of ether oxygens (including phenoxy) is 2. The van der Waals surface area contributed by atoms with Crippen molar-refractivity contribution in [1.82, 2.24) is 24.6 Å². The van der Waals surface area contributed by atoms with Gasteiger partial charge in [0.1, 0.15) is 17.3 Å². The molecule has 12 heteroatoms. The fourth-order valence-corrected chi connectivity index (χ4v) is 5.55. The molecule has 4 aromatic carbocycles. The molecule has 10 nitrogen and oxygen atoms in total. The molecule has 0 saturated heterocycles. The van der Waals surface area contributed by atoms with E-state index in [4.69, 9.17) is 37.8 Å². The van der Waals surface area contributed by atoms with Crippen molar-refractivity contribution in [3.05, 3.63) is 131 Å². The van der Waals surface area contributed by atoms with Crippen LogP contribution in [0, 0.1) is 0 Å². The summed E-state index contributed by atoms with van der Waals surface area (Å²) < 4.78 is 14.1. The predicted octanol–water partition coefficient (Wildman–Crippen LogP) is 8.70. The molecule has 0 saturated carbocycles. The third-order valence-corrected chi connectivity index (χ3v) is 8.63. The number of benzene rings is 4. The fourth-order valence-electron chi connectivity index (χ4n) is 5.30. The highest BCUT2D eigenvalue weighted by molar-refractivity contribution is 6.30. The van der Waals surface area contributed by atoms with Crippen molar-refractivity contribution >= 4 is 34.9 Å². The van der Waals surface area contributed by atoms with Gasteiger partial charge in [0.05, 0.1) is 48.4 Å². The van der Waals surface area contributed by atoms with Crippen LogP contribution < -0.4 is 9.47 Å². The van der Waals surface area contributed by atoms with Crippen molar-refractivity contribution in [3.8, 4) is 45.4 Å². The number of hydroxylamine groups is 2. The molecule has 2 heterocycles. The van der Waals surface area contributed by atoms with Crippen LogP contribution in [0.1, 0.15) is 31.2 Å². The van der Waals surface area contributed by atoms with Gasteiger partial charge in [0.15, 0.2) is 0 Å². The first-order valence-corrected chi connectivity index (χ1v) is 17.2. The second-order valence-corrected chi connectivity index (χ2v) is 12.8. The average molecular weight is 741 g/mol. The molecule has 1 amide bonds. The molecule has 0 radical (unpaired) electrons. The summed E-state index contributed by atoms with van der Waals surface area (Å²) >= 11 is 12.0. The number of carbonyl (C=O) groups is 2. The lowest BCUT2D eigenvalue weighted by Gasteiger charge is -2.09. The number of rotatable bonds is 12. The van der Waals surface area contributed by atoms with E-state index in [1.54, 1.807) is 21.1 Å². The van der Waals surface area contributed by atoms with Crippen molar-refractivity contribution in [3.63, 3.8) is 0 Å². The molecule has 52 heavy (non-hydrogen) atoms. The lowest BCUT2D eigenvalue weighted by atomic mass is 10.1. The van der Waals surface area contributed by atoms with Gasteiger partial charge in [-0.2, -0.15) is 10.2 Å². The number of hydrogen-bond acceptors (Lipinski definition) is 7. The molecule has 0 spiro atoms. The Morgan fingerprint density at radius 3 is 1.38 bits per heavy atom. The fraction of sp³-hybridized carbons (Fsp3) is 0.200. The van der Waals surface area contributed by atoms with Gasteiger partial charge >= 0.3 is 0 Å². The number of Topliss-reactive ketones (excluding diaryl/α,β-unsaturated/α-hetero) is 1. The van der Waals surface area contributed by atoms with Gasteiger partial charge in [-0.1, -0.05) is 47.5 Å². The van der Waals surface area contributed by atoms with Crippen molar-refractivity contribution in [2.45, 2.75) is 32.6 Å². The summed E-state index contributed by atoms with van der Waals surface area (Å²) in [4.78, 5) is 23.0. The third kappa shape index (κ3) is 9.88. The molecule has 0 atom stereocenters. The maximum atomic E-state index is 11.7. The van der Waals surface area contributed by atoms with E-state index in [1.165, 1.54) is 7.05 Å². The molecule has 0 fully saturated rings. The number of amides is 1. The minimum atomic E-state index is -0.359. The monoisotopic (exact) mass is 739 g/mol. The van der Waals surface area contributed by atoms with Crippen LogP contribution in [-0.4, -0.2) is 62.8 Å². The molecule has 2 aromatic heterocycles. The molecule has 6 aromatic rings. The molecule has 0 aliphatic carbocycles. The normalized spacial score (nSPS) is 10.7. The van der Waals surface area contributed by atoms with Gasteiger partial charge in [0, 0.05) is 47.5 Å². The van der Waals surface area contributed by atoms with Gasteiger partial charge in [0.25, 0.3) is 0 Å². The summed E-state index contributed by atoms with van der Waals surface area (Å²) in [6.45, 7) is 1.60. The Kier molecular flexibility index (Phi) is 12.9. The number of hydrogen-bond donors (Lipinski definition) is 1. The first kappa shape index (κ1) is 37.8. The van der Waals surface area contributed by atoms with Crippen molar-refractivity contribution in [2.75, 3.05) is 21.3 Å². The Morgan fingerprint density at radius 1 is 0.654 bits per heavy atom. The van der Waals surface area contributed by atoms with Gasteiger partial charge in [-0.25, -0.2) is 14.4 Å². The van der Waals surface area contributed by atoms with E-state index in [-0.39, 0.29) is 18.1 Å². The van der Waals surface area contributed by atoms with E-state index in [9.17, 15) is 14.8 Å². The summed E-state index contributed by atoms with van der Waals surface area (Å²) in [6.07, 6.45) is 1.71. The quantitative estimate of drug-likeness (QED) is 0.0987. The van der Waals surface area contributed by atoms with Crippen LogP contribution in [0.5, 0.6) is 11.5 Å². The topological polar surface area (TPSA) is 112 Å². The average Bonchev–Trinajstić information content (AvgIpc) is 3.79. The van der Waals surface area contributed by atoms with Crippen LogP contribution in [0.25, 0.3) is 33.9 Å². The van der Waals surface area contributed by atoms with Crippen molar-refractivity contribution in [2.24, 2.45) is 0 Å².